The second-order valence-corrected chi connectivity index (χ2v) is 5.52. The van der Waals surface area contributed by atoms with Crippen LogP contribution in [-0.2, 0) is 0 Å². The lowest BCUT2D eigenvalue weighted by atomic mass is 10.1. The molecule has 23 heavy (non-hydrogen) atoms. The number of anilines is 1. The van der Waals surface area contributed by atoms with Gasteiger partial charge in [0.15, 0.2) is 0 Å². The van der Waals surface area contributed by atoms with Crippen LogP contribution in [0, 0.1) is 0 Å². The van der Waals surface area contributed by atoms with Gasteiger partial charge in [-0.25, -0.2) is 0 Å². The number of rotatable bonds is 4. The Hall–Kier alpha value is -2.74. The fourth-order valence-corrected chi connectivity index (χ4v) is 2.28. The monoisotopic (exact) mass is 373 g/mol. The van der Waals surface area contributed by atoms with Crippen molar-refractivity contribution in [2.24, 2.45) is 0 Å². The van der Waals surface area contributed by atoms with Crippen molar-refractivity contribution in [3.63, 3.8) is 0 Å². The number of carbonyl (C=O) groups excluding carboxylic acids is 1. The lowest BCUT2D eigenvalue weighted by Crippen LogP contribution is -2.12. The number of hydrogen-bond acceptors (Lipinski definition) is 5. The Bertz CT molecular complexity index is 818. The normalized spacial score (nSPS) is 10.3. The Labute approximate surface area is 140 Å². The van der Waals surface area contributed by atoms with E-state index >= 15 is 0 Å². The molecule has 0 atom stereocenters. The number of ether oxygens (including phenoxy) is 1. The van der Waals surface area contributed by atoms with Crippen molar-refractivity contribution >= 4 is 27.5 Å². The molecule has 0 aliphatic heterocycles. The summed E-state index contributed by atoms with van der Waals surface area (Å²) < 4.78 is 7.74. The summed E-state index contributed by atoms with van der Waals surface area (Å²) >= 11 is 3.35. The van der Waals surface area contributed by atoms with Gasteiger partial charge in [0.05, 0.1) is 7.11 Å². The standard InChI is InChI=1S/C15H12BrN5O2/c1-23-14-8-10(2-7-13(14)21-9-17-19-20-21)15(22)18-12-5-3-11(16)4-6-12/h2-9H,1H3,(H,18,22). The van der Waals surface area contributed by atoms with Crippen molar-refractivity contribution in [1.29, 1.82) is 0 Å². The summed E-state index contributed by atoms with van der Waals surface area (Å²) in [6, 6.07) is 12.4. The van der Waals surface area contributed by atoms with E-state index in [0.717, 1.165) is 4.47 Å². The molecule has 3 rings (SSSR count). The third kappa shape index (κ3) is 3.37. The van der Waals surface area contributed by atoms with Gasteiger partial charge in [-0.1, -0.05) is 15.9 Å². The van der Waals surface area contributed by atoms with E-state index in [9.17, 15) is 4.79 Å². The van der Waals surface area contributed by atoms with Gasteiger partial charge in [0.2, 0.25) is 0 Å². The molecule has 1 aromatic heterocycles. The van der Waals surface area contributed by atoms with E-state index in [4.69, 9.17) is 4.74 Å². The first-order chi connectivity index (χ1) is 11.2. The predicted molar refractivity (Wildman–Crippen MR) is 87.8 cm³/mol. The number of methoxy groups -OCH3 is 1. The molecule has 1 amide bonds. The number of nitrogens with zero attached hydrogens (tertiary/aromatic N) is 4. The minimum Gasteiger partial charge on any atom is -0.494 e. The number of nitrogens with one attached hydrogen (secondary N) is 1. The zero-order valence-electron chi connectivity index (χ0n) is 12.1. The van der Waals surface area contributed by atoms with Crippen LogP contribution < -0.4 is 10.1 Å². The van der Waals surface area contributed by atoms with Gasteiger partial charge in [0, 0.05) is 15.7 Å². The van der Waals surface area contributed by atoms with Crippen LogP contribution in [0.3, 0.4) is 0 Å². The Balaban J connectivity index is 1.85. The average Bonchev–Trinajstić information content (AvgIpc) is 3.10. The molecule has 0 bridgehead atoms. The van der Waals surface area contributed by atoms with E-state index < -0.39 is 0 Å². The quantitative estimate of drug-likeness (QED) is 0.760. The summed E-state index contributed by atoms with van der Waals surface area (Å²) in [4.78, 5) is 12.3. The van der Waals surface area contributed by atoms with Crippen LogP contribution in [0.2, 0.25) is 0 Å². The van der Waals surface area contributed by atoms with Gasteiger partial charge in [0.25, 0.3) is 5.91 Å². The number of hydrogen-bond donors (Lipinski definition) is 1. The maximum absolute atomic E-state index is 12.3. The highest BCUT2D eigenvalue weighted by molar-refractivity contribution is 9.10. The molecule has 0 saturated heterocycles. The molecule has 0 fully saturated rings. The Morgan fingerprint density at radius 1 is 1.22 bits per heavy atom. The van der Waals surface area contributed by atoms with E-state index in [-0.39, 0.29) is 5.91 Å². The first kappa shape index (κ1) is 15.2. The number of aromatic nitrogens is 4. The summed E-state index contributed by atoms with van der Waals surface area (Å²) in [5.74, 6) is 0.273. The van der Waals surface area contributed by atoms with Gasteiger partial charge in [-0.3, -0.25) is 4.79 Å². The molecule has 3 aromatic rings. The van der Waals surface area contributed by atoms with Crippen molar-refractivity contribution in [2.45, 2.75) is 0 Å². The number of halogens is 1. The lowest BCUT2D eigenvalue weighted by molar-refractivity contribution is 0.102. The maximum Gasteiger partial charge on any atom is 0.255 e. The van der Waals surface area contributed by atoms with Crippen LogP contribution in [0.1, 0.15) is 10.4 Å². The second kappa shape index (κ2) is 6.57. The van der Waals surface area contributed by atoms with Crippen molar-refractivity contribution in [2.75, 3.05) is 12.4 Å². The van der Waals surface area contributed by atoms with E-state index in [1.165, 1.54) is 18.1 Å². The van der Waals surface area contributed by atoms with Crippen molar-refractivity contribution in [3.8, 4) is 11.4 Å². The number of tetrazole rings is 1. The zero-order chi connectivity index (χ0) is 16.2. The number of benzene rings is 2. The summed E-state index contributed by atoms with van der Waals surface area (Å²) in [6.45, 7) is 0. The zero-order valence-corrected chi connectivity index (χ0v) is 13.7. The molecule has 0 spiro atoms. The second-order valence-electron chi connectivity index (χ2n) is 4.60. The first-order valence-corrected chi connectivity index (χ1v) is 7.45. The van der Waals surface area contributed by atoms with E-state index in [1.807, 2.05) is 24.3 Å². The third-order valence-electron chi connectivity index (χ3n) is 3.14. The highest BCUT2D eigenvalue weighted by atomic mass is 79.9. The molecule has 7 nitrogen and oxygen atoms in total. The van der Waals surface area contributed by atoms with Gasteiger partial charge in [0.1, 0.15) is 17.8 Å². The van der Waals surface area contributed by atoms with Gasteiger partial charge in [-0.2, -0.15) is 4.68 Å². The molecular formula is C15H12BrN5O2. The van der Waals surface area contributed by atoms with Crippen molar-refractivity contribution in [3.05, 3.63) is 58.8 Å². The predicted octanol–water partition coefficient (Wildman–Crippen LogP) is 2.69. The molecule has 2 aromatic carbocycles. The minimum absolute atomic E-state index is 0.228. The summed E-state index contributed by atoms with van der Waals surface area (Å²) in [6.07, 6.45) is 1.46. The van der Waals surface area contributed by atoms with Crippen LogP contribution in [0.5, 0.6) is 5.75 Å². The summed E-state index contributed by atoms with van der Waals surface area (Å²) in [5, 5.41) is 13.8. The summed E-state index contributed by atoms with van der Waals surface area (Å²) in [5.41, 5.74) is 1.83. The van der Waals surface area contributed by atoms with Gasteiger partial charge in [-0.05, 0) is 52.9 Å². The first-order valence-electron chi connectivity index (χ1n) is 6.65. The van der Waals surface area contributed by atoms with Crippen LogP contribution >= 0.6 is 15.9 Å². The molecule has 0 unspecified atom stereocenters. The molecule has 0 aliphatic rings. The Morgan fingerprint density at radius 2 is 2.00 bits per heavy atom. The highest BCUT2D eigenvalue weighted by Gasteiger charge is 2.12. The van der Waals surface area contributed by atoms with Gasteiger partial charge >= 0.3 is 0 Å². The molecule has 0 radical (unpaired) electrons. The fourth-order valence-electron chi connectivity index (χ4n) is 2.02. The molecular weight excluding hydrogens is 362 g/mol. The van der Waals surface area contributed by atoms with Gasteiger partial charge < -0.3 is 10.1 Å². The molecule has 8 heteroatoms. The van der Waals surface area contributed by atoms with Crippen LogP contribution in [0.4, 0.5) is 5.69 Å². The van der Waals surface area contributed by atoms with E-state index in [0.29, 0.717) is 22.7 Å². The Kier molecular flexibility index (Phi) is 4.33. The molecule has 116 valence electrons. The van der Waals surface area contributed by atoms with Crippen LogP contribution in [-0.4, -0.2) is 33.2 Å². The molecule has 1 N–H and O–H groups in total. The third-order valence-corrected chi connectivity index (χ3v) is 3.67. The largest absolute Gasteiger partial charge is 0.494 e. The average molecular weight is 374 g/mol. The lowest BCUT2D eigenvalue weighted by Gasteiger charge is -2.10. The van der Waals surface area contributed by atoms with Crippen molar-refractivity contribution < 1.29 is 9.53 Å². The van der Waals surface area contributed by atoms with Crippen LogP contribution in [0.25, 0.3) is 5.69 Å². The SMILES string of the molecule is COc1cc(C(=O)Nc2ccc(Br)cc2)ccc1-n1cnnn1. The van der Waals surface area contributed by atoms with E-state index in [2.05, 4.69) is 36.8 Å². The highest BCUT2D eigenvalue weighted by Crippen LogP contribution is 2.24. The smallest absolute Gasteiger partial charge is 0.255 e. The van der Waals surface area contributed by atoms with Crippen molar-refractivity contribution in [1.82, 2.24) is 20.2 Å². The molecule has 1 heterocycles. The summed E-state index contributed by atoms with van der Waals surface area (Å²) in [7, 11) is 1.53. The van der Waals surface area contributed by atoms with Crippen LogP contribution in [0.15, 0.2) is 53.3 Å². The topological polar surface area (TPSA) is 81.9 Å². The number of carbonyl (C=O) groups is 1. The van der Waals surface area contributed by atoms with Gasteiger partial charge in [-0.15, -0.1) is 5.10 Å². The molecule has 0 aliphatic carbocycles. The molecule has 0 saturated carbocycles. The minimum atomic E-state index is -0.228. The van der Waals surface area contributed by atoms with E-state index in [1.54, 1.807) is 18.2 Å². The fraction of sp³-hybridized carbons (Fsp3) is 0.0667. The maximum atomic E-state index is 12.3. The Morgan fingerprint density at radius 3 is 2.65 bits per heavy atom. The number of amides is 1.